The minimum atomic E-state index is 1.05. The molecule has 1 nitrogen and oxygen atoms in total. The Morgan fingerprint density at radius 1 is 0.654 bits per heavy atom. The Balaban J connectivity index is 1.91. The second kappa shape index (κ2) is 6.42. The van der Waals surface area contributed by atoms with Gasteiger partial charge in [0.1, 0.15) is 0 Å². The number of rotatable bonds is 2. The number of nitrogens with zero attached hydrogens (tertiary/aromatic N) is 1. The molecule has 1 aromatic heterocycles. The minimum Gasteiger partial charge on any atom is -0.253 e. The first kappa shape index (κ1) is 16.5. The molecule has 26 heavy (non-hydrogen) atoms. The van der Waals surface area contributed by atoms with Gasteiger partial charge < -0.3 is 0 Å². The molecule has 0 aliphatic rings. The zero-order valence-electron chi connectivity index (χ0n) is 15.8. The molecule has 0 N–H and O–H groups in total. The van der Waals surface area contributed by atoms with Crippen molar-refractivity contribution in [2.45, 2.75) is 27.7 Å². The molecule has 1 heterocycles. The monoisotopic (exact) mass is 337 g/mol. The molecule has 0 aliphatic carbocycles. The first-order valence-electron chi connectivity index (χ1n) is 9.08. The fourth-order valence-electron chi connectivity index (χ4n) is 3.57. The van der Waals surface area contributed by atoms with Crippen LogP contribution in [0, 0.1) is 27.7 Å². The maximum Gasteiger partial charge on any atom is 0.0714 e. The van der Waals surface area contributed by atoms with E-state index in [0.29, 0.717) is 0 Å². The van der Waals surface area contributed by atoms with Gasteiger partial charge in [-0.3, -0.25) is 4.98 Å². The van der Waals surface area contributed by atoms with Crippen LogP contribution in [0.15, 0.2) is 66.7 Å². The summed E-state index contributed by atoms with van der Waals surface area (Å²) in [7, 11) is 0. The lowest BCUT2D eigenvalue weighted by Gasteiger charge is -2.14. The van der Waals surface area contributed by atoms with E-state index in [2.05, 4.69) is 94.4 Å². The highest BCUT2D eigenvalue weighted by molar-refractivity contribution is 5.89. The zero-order valence-corrected chi connectivity index (χ0v) is 15.8. The van der Waals surface area contributed by atoms with Gasteiger partial charge in [0.05, 0.1) is 5.69 Å². The van der Waals surface area contributed by atoms with E-state index in [4.69, 9.17) is 4.98 Å². The Hall–Kier alpha value is -2.93. The third kappa shape index (κ3) is 2.90. The number of hydrogen-bond donors (Lipinski definition) is 0. The van der Waals surface area contributed by atoms with Gasteiger partial charge in [-0.15, -0.1) is 0 Å². The van der Waals surface area contributed by atoms with Crippen molar-refractivity contribution < 1.29 is 0 Å². The fourth-order valence-corrected chi connectivity index (χ4v) is 3.57. The molecule has 3 aromatic carbocycles. The number of benzene rings is 3. The van der Waals surface area contributed by atoms with Crippen LogP contribution in [0.4, 0.5) is 0 Å². The lowest BCUT2D eigenvalue weighted by molar-refractivity contribution is 1.15. The topological polar surface area (TPSA) is 12.9 Å². The minimum absolute atomic E-state index is 1.05. The van der Waals surface area contributed by atoms with Crippen molar-refractivity contribution >= 4 is 10.8 Å². The zero-order chi connectivity index (χ0) is 18.3. The summed E-state index contributed by atoms with van der Waals surface area (Å²) in [6.07, 6.45) is 0. The van der Waals surface area contributed by atoms with E-state index >= 15 is 0 Å². The Bertz CT molecular complexity index is 1120. The summed E-state index contributed by atoms with van der Waals surface area (Å²) < 4.78 is 0. The van der Waals surface area contributed by atoms with Gasteiger partial charge >= 0.3 is 0 Å². The summed E-state index contributed by atoms with van der Waals surface area (Å²) in [6.45, 7) is 8.55. The highest BCUT2D eigenvalue weighted by atomic mass is 14.7. The summed E-state index contributed by atoms with van der Waals surface area (Å²) in [5.41, 5.74) is 9.64. The first-order valence-corrected chi connectivity index (χ1v) is 9.08. The summed E-state index contributed by atoms with van der Waals surface area (Å²) in [4.78, 5) is 4.86. The molecule has 0 bridgehead atoms. The van der Waals surface area contributed by atoms with Crippen LogP contribution in [0.2, 0.25) is 0 Å². The van der Waals surface area contributed by atoms with Gasteiger partial charge in [0.15, 0.2) is 0 Å². The second-order valence-corrected chi connectivity index (χ2v) is 7.15. The number of aromatic nitrogens is 1. The molecule has 0 fully saturated rings. The molecule has 4 aromatic rings. The SMILES string of the molecule is Cc1ccc2cc(-c3cc(-c4ccccc4C)nc(C)c3C)ccc2c1. The fraction of sp³-hybridized carbons (Fsp3) is 0.160. The van der Waals surface area contributed by atoms with Crippen LogP contribution in [-0.2, 0) is 0 Å². The van der Waals surface area contributed by atoms with Crippen LogP contribution in [-0.4, -0.2) is 4.98 Å². The van der Waals surface area contributed by atoms with Crippen molar-refractivity contribution in [1.29, 1.82) is 0 Å². The quantitative estimate of drug-likeness (QED) is 0.392. The molecule has 0 saturated heterocycles. The van der Waals surface area contributed by atoms with Crippen LogP contribution in [0.25, 0.3) is 33.2 Å². The van der Waals surface area contributed by atoms with Crippen molar-refractivity contribution in [1.82, 2.24) is 4.98 Å². The molecule has 128 valence electrons. The Labute approximate surface area is 155 Å². The highest BCUT2D eigenvalue weighted by Crippen LogP contribution is 2.32. The van der Waals surface area contributed by atoms with Crippen molar-refractivity contribution in [3.05, 3.63) is 89.1 Å². The lowest BCUT2D eigenvalue weighted by atomic mass is 9.94. The Kier molecular flexibility index (Phi) is 4.08. The molecule has 0 saturated carbocycles. The molecular formula is C25H23N. The number of fused-ring (bicyclic) bond motifs is 1. The number of hydrogen-bond acceptors (Lipinski definition) is 1. The van der Waals surface area contributed by atoms with Crippen molar-refractivity contribution in [3.8, 4) is 22.4 Å². The van der Waals surface area contributed by atoms with Crippen molar-refractivity contribution in [3.63, 3.8) is 0 Å². The third-order valence-electron chi connectivity index (χ3n) is 5.24. The summed E-state index contributed by atoms with van der Waals surface area (Å²) >= 11 is 0. The van der Waals surface area contributed by atoms with E-state index < -0.39 is 0 Å². The Morgan fingerprint density at radius 3 is 2.19 bits per heavy atom. The Morgan fingerprint density at radius 2 is 1.38 bits per heavy atom. The van der Waals surface area contributed by atoms with Crippen molar-refractivity contribution in [2.24, 2.45) is 0 Å². The lowest BCUT2D eigenvalue weighted by Crippen LogP contribution is -1.96. The maximum absolute atomic E-state index is 4.86. The highest BCUT2D eigenvalue weighted by Gasteiger charge is 2.11. The van der Waals surface area contributed by atoms with E-state index in [0.717, 1.165) is 11.4 Å². The van der Waals surface area contributed by atoms with E-state index in [1.165, 1.54) is 44.2 Å². The first-order chi connectivity index (χ1) is 12.5. The van der Waals surface area contributed by atoms with Crippen LogP contribution in [0.1, 0.15) is 22.4 Å². The molecule has 4 rings (SSSR count). The molecule has 0 unspecified atom stereocenters. The van der Waals surface area contributed by atoms with Crippen LogP contribution in [0.5, 0.6) is 0 Å². The molecule has 0 radical (unpaired) electrons. The smallest absolute Gasteiger partial charge is 0.0714 e. The standard InChI is InChI=1S/C25H23N/c1-16-9-10-21-14-22(12-11-20(21)13-16)24-15-25(26-19(4)18(24)3)23-8-6-5-7-17(23)2/h5-15H,1-4H3. The second-order valence-electron chi connectivity index (χ2n) is 7.15. The van der Waals surface area contributed by atoms with Crippen LogP contribution in [0.3, 0.4) is 0 Å². The average molecular weight is 337 g/mol. The average Bonchev–Trinajstić information content (AvgIpc) is 2.64. The molecule has 0 amide bonds. The predicted molar refractivity (Wildman–Crippen MR) is 112 cm³/mol. The van der Waals surface area contributed by atoms with Gasteiger partial charge in [0, 0.05) is 11.3 Å². The summed E-state index contributed by atoms with van der Waals surface area (Å²) in [6, 6.07) is 24.1. The van der Waals surface area contributed by atoms with Crippen LogP contribution < -0.4 is 0 Å². The predicted octanol–water partition coefficient (Wildman–Crippen LogP) is 6.80. The van der Waals surface area contributed by atoms with Gasteiger partial charge in [-0.05, 0) is 72.9 Å². The number of pyridine rings is 1. The molecule has 0 spiro atoms. The normalized spacial score (nSPS) is 11.1. The van der Waals surface area contributed by atoms with E-state index in [1.54, 1.807) is 0 Å². The van der Waals surface area contributed by atoms with Gasteiger partial charge in [0.25, 0.3) is 0 Å². The van der Waals surface area contributed by atoms with E-state index in [1.807, 2.05) is 0 Å². The van der Waals surface area contributed by atoms with Gasteiger partial charge in [-0.2, -0.15) is 0 Å². The van der Waals surface area contributed by atoms with E-state index in [9.17, 15) is 0 Å². The summed E-state index contributed by atoms with van der Waals surface area (Å²) in [5.74, 6) is 0. The van der Waals surface area contributed by atoms with Gasteiger partial charge in [-0.1, -0.05) is 60.2 Å². The number of aryl methyl sites for hydroxylation is 3. The molecule has 0 aliphatic heterocycles. The van der Waals surface area contributed by atoms with E-state index in [-0.39, 0.29) is 0 Å². The van der Waals surface area contributed by atoms with Crippen molar-refractivity contribution in [2.75, 3.05) is 0 Å². The molecule has 0 atom stereocenters. The van der Waals surface area contributed by atoms with Crippen LogP contribution >= 0.6 is 0 Å². The third-order valence-corrected chi connectivity index (χ3v) is 5.24. The van der Waals surface area contributed by atoms with Gasteiger partial charge in [-0.25, -0.2) is 0 Å². The largest absolute Gasteiger partial charge is 0.253 e. The van der Waals surface area contributed by atoms with Gasteiger partial charge in [0.2, 0.25) is 0 Å². The maximum atomic E-state index is 4.86. The molecular weight excluding hydrogens is 314 g/mol. The summed E-state index contributed by atoms with van der Waals surface area (Å²) in [5, 5.41) is 2.57. The molecule has 1 heteroatoms.